The summed E-state index contributed by atoms with van der Waals surface area (Å²) in [6.07, 6.45) is 7.61. The number of piperidine rings is 1. The van der Waals surface area contributed by atoms with E-state index in [0.29, 0.717) is 5.92 Å². The van der Waals surface area contributed by atoms with Gasteiger partial charge >= 0.3 is 0 Å². The molecule has 0 atom stereocenters. The maximum atomic E-state index is 12.7. The number of nitrogens with one attached hydrogen (secondary N) is 1. The predicted molar refractivity (Wildman–Crippen MR) is 84.7 cm³/mol. The van der Waals surface area contributed by atoms with Gasteiger partial charge in [0.1, 0.15) is 5.82 Å². The van der Waals surface area contributed by atoms with Crippen LogP contribution in [0.3, 0.4) is 0 Å². The second kappa shape index (κ2) is 6.35. The van der Waals surface area contributed by atoms with Crippen LogP contribution in [0.1, 0.15) is 34.9 Å². The zero-order chi connectivity index (χ0) is 14.7. The number of benzene rings is 1. The van der Waals surface area contributed by atoms with E-state index in [9.17, 15) is 4.79 Å². The number of imidazole rings is 1. The maximum absolute atomic E-state index is 12.7. The third-order valence-electron chi connectivity index (χ3n) is 4.03. The summed E-state index contributed by atoms with van der Waals surface area (Å²) >= 11 is 1.62. The van der Waals surface area contributed by atoms with E-state index in [1.165, 1.54) is 0 Å². The number of carbonyl (C=O) groups is 1. The van der Waals surface area contributed by atoms with E-state index in [1.807, 2.05) is 41.6 Å². The first-order valence-corrected chi connectivity index (χ1v) is 8.43. The molecular weight excluding hydrogens is 282 g/mol. The fraction of sp³-hybridized carbons (Fsp3) is 0.375. The van der Waals surface area contributed by atoms with Gasteiger partial charge in [-0.15, -0.1) is 11.8 Å². The number of amides is 1. The fourth-order valence-electron chi connectivity index (χ4n) is 2.85. The number of aromatic nitrogens is 2. The number of H-pyrrole nitrogens is 1. The zero-order valence-electron chi connectivity index (χ0n) is 12.1. The summed E-state index contributed by atoms with van der Waals surface area (Å²) in [7, 11) is 0. The zero-order valence-corrected chi connectivity index (χ0v) is 12.9. The van der Waals surface area contributed by atoms with Gasteiger partial charge in [-0.3, -0.25) is 4.79 Å². The Morgan fingerprint density at radius 1 is 1.33 bits per heavy atom. The van der Waals surface area contributed by atoms with Crippen LogP contribution in [0.25, 0.3) is 0 Å². The second-order valence-electron chi connectivity index (χ2n) is 5.24. The molecule has 4 nitrogen and oxygen atoms in total. The van der Waals surface area contributed by atoms with E-state index in [2.05, 4.69) is 9.97 Å². The minimum Gasteiger partial charge on any atom is -0.348 e. The molecule has 1 aromatic heterocycles. The minimum atomic E-state index is 0.151. The third kappa shape index (κ3) is 2.97. The number of hydrogen-bond acceptors (Lipinski definition) is 3. The minimum absolute atomic E-state index is 0.151. The molecule has 0 spiro atoms. The molecule has 1 N–H and O–H groups in total. The van der Waals surface area contributed by atoms with Gasteiger partial charge in [-0.1, -0.05) is 12.1 Å². The van der Waals surface area contributed by atoms with E-state index >= 15 is 0 Å². The molecule has 2 aromatic rings. The Hall–Kier alpha value is -1.75. The summed E-state index contributed by atoms with van der Waals surface area (Å²) in [6, 6.07) is 7.84. The van der Waals surface area contributed by atoms with Crippen LogP contribution < -0.4 is 0 Å². The number of hydrogen-bond donors (Lipinski definition) is 1. The normalized spacial score (nSPS) is 16.1. The van der Waals surface area contributed by atoms with Gasteiger partial charge < -0.3 is 9.88 Å². The highest BCUT2D eigenvalue weighted by atomic mass is 32.2. The molecule has 110 valence electrons. The van der Waals surface area contributed by atoms with E-state index < -0.39 is 0 Å². The van der Waals surface area contributed by atoms with Gasteiger partial charge in [-0.05, 0) is 31.2 Å². The number of carbonyl (C=O) groups excluding carboxylic acids is 1. The number of aromatic amines is 1. The summed E-state index contributed by atoms with van der Waals surface area (Å²) in [5, 5.41) is 0. The van der Waals surface area contributed by atoms with Crippen molar-refractivity contribution in [1.82, 2.24) is 14.9 Å². The van der Waals surface area contributed by atoms with Crippen molar-refractivity contribution in [2.45, 2.75) is 23.7 Å². The van der Waals surface area contributed by atoms with E-state index in [1.54, 1.807) is 18.0 Å². The van der Waals surface area contributed by atoms with Crippen LogP contribution in [-0.2, 0) is 0 Å². The summed E-state index contributed by atoms with van der Waals surface area (Å²) in [4.78, 5) is 23.2. The molecule has 0 saturated carbocycles. The molecule has 5 heteroatoms. The van der Waals surface area contributed by atoms with Gasteiger partial charge in [-0.25, -0.2) is 4.98 Å². The molecule has 21 heavy (non-hydrogen) atoms. The van der Waals surface area contributed by atoms with Crippen molar-refractivity contribution >= 4 is 17.7 Å². The second-order valence-corrected chi connectivity index (χ2v) is 6.09. The van der Waals surface area contributed by atoms with Crippen LogP contribution in [-0.4, -0.2) is 40.1 Å². The van der Waals surface area contributed by atoms with Crippen molar-refractivity contribution in [2.24, 2.45) is 0 Å². The highest BCUT2D eigenvalue weighted by Gasteiger charge is 2.26. The number of rotatable bonds is 3. The molecule has 0 unspecified atom stereocenters. The molecule has 3 rings (SSSR count). The Morgan fingerprint density at radius 2 is 2.10 bits per heavy atom. The van der Waals surface area contributed by atoms with Crippen molar-refractivity contribution in [1.29, 1.82) is 0 Å². The number of thioether (sulfide) groups is 1. The average Bonchev–Trinajstić information content (AvgIpc) is 3.09. The average molecular weight is 301 g/mol. The first-order valence-electron chi connectivity index (χ1n) is 7.21. The van der Waals surface area contributed by atoms with Crippen molar-refractivity contribution in [3.63, 3.8) is 0 Å². The number of likely N-dealkylation sites (tertiary alicyclic amines) is 1. The maximum Gasteiger partial charge on any atom is 0.254 e. The summed E-state index contributed by atoms with van der Waals surface area (Å²) in [6.45, 7) is 1.60. The largest absolute Gasteiger partial charge is 0.348 e. The SMILES string of the molecule is CSc1ccccc1C(=O)N1CCC(c2ncc[nH]2)CC1. The van der Waals surface area contributed by atoms with Gasteiger partial charge in [0.25, 0.3) is 5.91 Å². The monoisotopic (exact) mass is 301 g/mol. The molecule has 2 heterocycles. The fourth-order valence-corrected chi connectivity index (χ4v) is 3.44. The van der Waals surface area contributed by atoms with E-state index in [4.69, 9.17) is 0 Å². The van der Waals surface area contributed by atoms with Crippen molar-refractivity contribution in [3.8, 4) is 0 Å². The summed E-state index contributed by atoms with van der Waals surface area (Å²) in [5.41, 5.74) is 0.821. The quantitative estimate of drug-likeness (QED) is 0.886. The van der Waals surface area contributed by atoms with Crippen LogP contribution in [0.2, 0.25) is 0 Å². The van der Waals surface area contributed by atoms with Crippen molar-refractivity contribution in [2.75, 3.05) is 19.3 Å². The molecule has 1 amide bonds. The molecule has 1 aromatic carbocycles. The molecule has 1 saturated heterocycles. The lowest BCUT2D eigenvalue weighted by Gasteiger charge is -2.31. The number of nitrogens with zero attached hydrogens (tertiary/aromatic N) is 2. The molecule has 0 radical (unpaired) electrons. The van der Waals surface area contributed by atoms with Gasteiger partial charge in [0.2, 0.25) is 0 Å². The standard InChI is InChI=1S/C16H19N3OS/c1-21-14-5-3-2-4-13(14)16(20)19-10-6-12(7-11-19)15-17-8-9-18-15/h2-5,8-9,12H,6-7,10-11H2,1H3,(H,17,18). The molecule has 1 aliphatic heterocycles. The lowest BCUT2D eigenvalue weighted by atomic mass is 9.95. The van der Waals surface area contributed by atoms with E-state index in [0.717, 1.165) is 42.2 Å². The molecule has 1 aliphatic rings. The van der Waals surface area contributed by atoms with Crippen molar-refractivity contribution in [3.05, 3.63) is 48.0 Å². The highest BCUT2D eigenvalue weighted by molar-refractivity contribution is 7.98. The third-order valence-corrected chi connectivity index (χ3v) is 4.82. The summed E-state index contributed by atoms with van der Waals surface area (Å²) in [5.74, 6) is 1.64. The topological polar surface area (TPSA) is 49.0 Å². The lowest BCUT2D eigenvalue weighted by molar-refractivity contribution is 0.0707. The van der Waals surface area contributed by atoms with Crippen molar-refractivity contribution < 1.29 is 4.79 Å². The summed E-state index contributed by atoms with van der Waals surface area (Å²) < 4.78 is 0. The Bertz CT molecular complexity index is 604. The Morgan fingerprint density at radius 3 is 2.76 bits per heavy atom. The van der Waals surface area contributed by atoms with Crippen LogP contribution in [0, 0.1) is 0 Å². The van der Waals surface area contributed by atoms with E-state index in [-0.39, 0.29) is 5.91 Å². The predicted octanol–water partition coefficient (Wildman–Crippen LogP) is 3.15. The van der Waals surface area contributed by atoms with Crippen LogP contribution >= 0.6 is 11.8 Å². The molecular formula is C16H19N3OS. The van der Waals surface area contributed by atoms with Crippen LogP contribution in [0.5, 0.6) is 0 Å². The Kier molecular flexibility index (Phi) is 4.29. The van der Waals surface area contributed by atoms with Crippen LogP contribution in [0.4, 0.5) is 0 Å². The lowest BCUT2D eigenvalue weighted by Crippen LogP contribution is -2.38. The smallest absolute Gasteiger partial charge is 0.254 e. The molecule has 0 aliphatic carbocycles. The first kappa shape index (κ1) is 14.2. The van der Waals surface area contributed by atoms with Gasteiger partial charge in [0, 0.05) is 36.3 Å². The van der Waals surface area contributed by atoms with Gasteiger partial charge in [0.15, 0.2) is 0 Å². The van der Waals surface area contributed by atoms with Gasteiger partial charge in [0.05, 0.1) is 5.56 Å². The molecule has 0 bridgehead atoms. The Balaban J connectivity index is 1.68. The molecule has 1 fully saturated rings. The van der Waals surface area contributed by atoms with Crippen LogP contribution in [0.15, 0.2) is 41.6 Å². The highest BCUT2D eigenvalue weighted by Crippen LogP contribution is 2.28. The van der Waals surface area contributed by atoms with Gasteiger partial charge in [-0.2, -0.15) is 0 Å². The first-order chi connectivity index (χ1) is 10.3. The Labute approximate surface area is 129 Å².